The molecule has 0 aliphatic carbocycles. The summed E-state index contributed by atoms with van der Waals surface area (Å²) in [6.07, 6.45) is 0. The predicted molar refractivity (Wildman–Crippen MR) is 39.4 cm³/mol. The summed E-state index contributed by atoms with van der Waals surface area (Å²) in [4.78, 5) is 10.6. The standard InChI is InChI=1S/C5H9NO4S/c1-4(2)5(7)6-3-11(8,9)10/h1,3H2,2H3,(H,6,7)(H,8,9,10). The second-order valence-electron chi connectivity index (χ2n) is 2.01. The Morgan fingerprint density at radius 3 is 2.36 bits per heavy atom. The van der Waals surface area contributed by atoms with E-state index in [9.17, 15) is 13.2 Å². The highest BCUT2D eigenvalue weighted by Gasteiger charge is 2.07. The highest BCUT2D eigenvalue weighted by molar-refractivity contribution is 7.85. The Bertz CT molecular complexity index is 266. The van der Waals surface area contributed by atoms with Gasteiger partial charge in [0.25, 0.3) is 10.1 Å². The van der Waals surface area contributed by atoms with Crippen molar-refractivity contribution >= 4 is 16.0 Å². The van der Waals surface area contributed by atoms with Crippen LogP contribution in [0.5, 0.6) is 0 Å². The molecule has 0 aromatic rings. The molecule has 0 bridgehead atoms. The topological polar surface area (TPSA) is 83.5 Å². The second kappa shape index (κ2) is 3.49. The lowest BCUT2D eigenvalue weighted by molar-refractivity contribution is -0.117. The molecule has 0 aliphatic heterocycles. The molecule has 0 saturated carbocycles. The first-order valence-electron chi connectivity index (χ1n) is 2.72. The van der Waals surface area contributed by atoms with E-state index in [0.717, 1.165) is 0 Å². The van der Waals surface area contributed by atoms with E-state index in [1.54, 1.807) is 0 Å². The predicted octanol–water partition coefficient (Wildman–Crippen LogP) is -0.476. The van der Waals surface area contributed by atoms with Gasteiger partial charge in [0, 0.05) is 5.57 Å². The van der Waals surface area contributed by atoms with Gasteiger partial charge in [0.05, 0.1) is 0 Å². The monoisotopic (exact) mass is 179 g/mol. The molecule has 0 radical (unpaired) electrons. The molecule has 0 unspecified atom stereocenters. The van der Waals surface area contributed by atoms with Gasteiger partial charge in [-0.05, 0) is 6.92 Å². The van der Waals surface area contributed by atoms with Crippen LogP contribution in [0.1, 0.15) is 6.92 Å². The van der Waals surface area contributed by atoms with Crippen molar-refractivity contribution < 1.29 is 17.8 Å². The van der Waals surface area contributed by atoms with Crippen LogP contribution in [0.3, 0.4) is 0 Å². The van der Waals surface area contributed by atoms with Crippen molar-refractivity contribution in [3.8, 4) is 0 Å². The maximum atomic E-state index is 10.6. The minimum Gasteiger partial charge on any atom is -0.336 e. The van der Waals surface area contributed by atoms with E-state index in [1.165, 1.54) is 6.92 Å². The van der Waals surface area contributed by atoms with E-state index in [0.29, 0.717) is 0 Å². The van der Waals surface area contributed by atoms with Crippen molar-refractivity contribution in [1.29, 1.82) is 0 Å². The molecule has 2 N–H and O–H groups in total. The van der Waals surface area contributed by atoms with Crippen molar-refractivity contribution in [2.45, 2.75) is 6.92 Å². The number of hydrogen-bond donors (Lipinski definition) is 2. The second-order valence-corrected chi connectivity index (χ2v) is 3.46. The van der Waals surface area contributed by atoms with Crippen molar-refractivity contribution in [2.75, 3.05) is 5.88 Å². The Hall–Kier alpha value is -0.880. The van der Waals surface area contributed by atoms with E-state index in [2.05, 4.69) is 6.58 Å². The van der Waals surface area contributed by atoms with Crippen LogP contribution in [-0.2, 0) is 14.9 Å². The van der Waals surface area contributed by atoms with Crippen LogP contribution in [0.25, 0.3) is 0 Å². The van der Waals surface area contributed by atoms with E-state index >= 15 is 0 Å². The summed E-state index contributed by atoms with van der Waals surface area (Å²) >= 11 is 0. The van der Waals surface area contributed by atoms with Gasteiger partial charge in [-0.1, -0.05) is 6.58 Å². The first kappa shape index (κ1) is 10.1. The zero-order chi connectivity index (χ0) is 9.07. The van der Waals surface area contributed by atoms with E-state index in [1.807, 2.05) is 5.32 Å². The lowest BCUT2D eigenvalue weighted by Gasteiger charge is -2.00. The summed E-state index contributed by atoms with van der Waals surface area (Å²) in [6.45, 7) is 4.70. The molecule has 0 aliphatic rings. The van der Waals surface area contributed by atoms with Crippen molar-refractivity contribution in [1.82, 2.24) is 5.32 Å². The Labute approximate surface area is 64.8 Å². The minimum atomic E-state index is -4.13. The molecule has 11 heavy (non-hydrogen) atoms. The Balaban J connectivity index is 3.92. The van der Waals surface area contributed by atoms with Gasteiger partial charge in [0.1, 0.15) is 5.88 Å². The molecule has 5 nitrogen and oxygen atoms in total. The van der Waals surface area contributed by atoms with Gasteiger partial charge in [0.15, 0.2) is 0 Å². The Kier molecular flexibility index (Phi) is 3.21. The molecule has 0 saturated heterocycles. The normalized spacial score (nSPS) is 10.7. The average molecular weight is 179 g/mol. The fourth-order valence-electron chi connectivity index (χ4n) is 0.308. The molecule has 0 rings (SSSR count). The quantitative estimate of drug-likeness (QED) is 0.453. The summed E-state index contributed by atoms with van der Waals surface area (Å²) in [5, 5.41) is 1.95. The highest BCUT2D eigenvalue weighted by atomic mass is 32.2. The van der Waals surface area contributed by atoms with Crippen LogP contribution in [0.2, 0.25) is 0 Å². The lowest BCUT2D eigenvalue weighted by Crippen LogP contribution is -2.29. The van der Waals surface area contributed by atoms with Crippen LogP contribution in [0.15, 0.2) is 12.2 Å². The van der Waals surface area contributed by atoms with Crippen LogP contribution in [-0.4, -0.2) is 24.8 Å². The first-order chi connectivity index (χ1) is 4.83. The number of rotatable bonds is 3. The molecule has 1 amide bonds. The summed E-state index contributed by atoms with van der Waals surface area (Å²) < 4.78 is 28.3. The summed E-state index contributed by atoms with van der Waals surface area (Å²) in [7, 11) is -4.13. The molecule has 0 aromatic carbocycles. The fraction of sp³-hybridized carbons (Fsp3) is 0.400. The zero-order valence-corrected chi connectivity index (χ0v) is 6.81. The molecule has 0 atom stereocenters. The van der Waals surface area contributed by atoms with Crippen LogP contribution < -0.4 is 5.32 Å². The molecule has 0 fully saturated rings. The van der Waals surface area contributed by atoms with Crippen molar-refractivity contribution in [3.63, 3.8) is 0 Å². The van der Waals surface area contributed by atoms with E-state index in [-0.39, 0.29) is 5.57 Å². The lowest BCUT2D eigenvalue weighted by atomic mass is 10.3. The van der Waals surface area contributed by atoms with Gasteiger partial charge in [-0.2, -0.15) is 8.42 Å². The zero-order valence-electron chi connectivity index (χ0n) is 5.99. The third-order valence-electron chi connectivity index (χ3n) is 0.803. The van der Waals surface area contributed by atoms with Gasteiger partial charge in [-0.15, -0.1) is 0 Å². The highest BCUT2D eigenvalue weighted by Crippen LogP contribution is 1.86. The van der Waals surface area contributed by atoms with Crippen molar-refractivity contribution in [3.05, 3.63) is 12.2 Å². The molecule has 0 heterocycles. The Morgan fingerprint density at radius 2 is 2.09 bits per heavy atom. The van der Waals surface area contributed by atoms with E-state index in [4.69, 9.17) is 4.55 Å². The van der Waals surface area contributed by atoms with Gasteiger partial charge < -0.3 is 5.32 Å². The molecule has 0 spiro atoms. The van der Waals surface area contributed by atoms with Crippen LogP contribution in [0, 0.1) is 0 Å². The van der Waals surface area contributed by atoms with E-state index < -0.39 is 21.9 Å². The molecule has 6 heteroatoms. The van der Waals surface area contributed by atoms with Gasteiger partial charge in [0.2, 0.25) is 5.91 Å². The maximum absolute atomic E-state index is 10.6. The smallest absolute Gasteiger partial charge is 0.283 e. The third-order valence-corrected chi connectivity index (χ3v) is 1.31. The summed E-state index contributed by atoms with van der Waals surface area (Å²) in [5.41, 5.74) is 0.189. The van der Waals surface area contributed by atoms with Gasteiger partial charge in [-0.3, -0.25) is 9.35 Å². The van der Waals surface area contributed by atoms with Crippen LogP contribution in [0.4, 0.5) is 0 Å². The molecule has 64 valence electrons. The minimum absolute atomic E-state index is 0.189. The van der Waals surface area contributed by atoms with Crippen molar-refractivity contribution in [2.24, 2.45) is 0 Å². The number of nitrogens with one attached hydrogen (secondary N) is 1. The first-order valence-corrected chi connectivity index (χ1v) is 4.32. The average Bonchev–Trinajstić information content (AvgIpc) is 1.80. The fourth-order valence-corrected chi connectivity index (χ4v) is 0.621. The number of carbonyl (C=O) groups excluding carboxylic acids is 1. The van der Waals surface area contributed by atoms with Crippen LogP contribution >= 0.6 is 0 Å². The number of amides is 1. The SMILES string of the molecule is C=C(C)C(=O)NCS(=O)(=O)O. The number of hydrogen-bond acceptors (Lipinski definition) is 3. The molecular weight excluding hydrogens is 170 g/mol. The third kappa shape index (κ3) is 5.56. The maximum Gasteiger partial charge on any atom is 0.283 e. The molecule has 0 aromatic heterocycles. The summed E-state index contributed by atoms with van der Waals surface area (Å²) in [6, 6.07) is 0. The molecular formula is C5H9NO4S. The number of carbonyl (C=O) groups is 1. The Morgan fingerprint density at radius 1 is 1.64 bits per heavy atom. The van der Waals surface area contributed by atoms with Gasteiger partial charge in [-0.25, -0.2) is 0 Å². The summed E-state index contributed by atoms with van der Waals surface area (Å²) in [5.74, 6) is -1.37. The van der Waals surface area contributed by atoms with Gasteiger partial charge >= 0.3 is 0 Å². The largest absolute Gasteiger partial charge is 0.336 e.